The third kappa shape index (κ3) is 3.20. The summed E-state index contributed by atoms with van der Waals surface area (Å²) in [5.41, 5.74) is 3.52. The molecule has 4 rings (SSSR count). The van der Waals surface area contributed by atoms with Gasteiger partial charge in [0.05, 0.1) is 37.3 Å². The lowest BCUT2D eigenvalue weighted by atomic mass is 9.81. The fraction of sp³-hybridized carbons (Fsp3) is 0.778. The number of morpholine rings is 1. The fourth-order valence-electron chi connectivity index (χ4n) is 4.06. The summed E-state index contributed by atoms with van der Waals surface area (Å²) in [5, 5.41) is 14.4. The average Bonchev–Trinajstić information content (AvgIpc) is 3.13. The molecule has 3 heterocycles. The Bertz CT molecular complexity index is 645. The first-order chi connectivity index (χ1) is 12.0. The second-order valence-corrected chi connectivity index (χ2v) is 7.82. The summed E-state index contributed by atoms with van der Waals surface area (Å²) in [6, 6.07) is 0.285. The van der Waals surface area contributed by atoms with Crippen LogP contribution in [0.25, 0.3) is 0 Å². The van der Waals surface area contributed by atoms with Gasteiger partial charge in [-0.05, 0) is 26.7 Å². The van der Waals surface area contributed by atoms with Crippen molar-refractivity contribution in [2.24, 2.45) is 5.92 Å². The average molecular weight is 348 g/mol. The van der Waals surface area contributed by atoms with E-state index in [4.69, 9.17) is 9.84 Å². The van der Waals surface area contributed by atoms with E-state index < -0.39 is 0 Å². The lowest BCUT2D eigenvalue weighted by Crippen LogP contribution is -2.42. The first-order valence-corrected chi connectivity index (χ1v) is 9.39. The number of aliphatic hydroxyl groups is 1. The summed E-state index contributed by atoms with van der Waals surface area (Å²) >= 11 is 0. The largest absolute Gasteiger partial charge is 0.393 e. The number of amides is 1. The van der Waals surface area contributed by atoms with Crippen molar-refractivity contribution >= 4 is 5.91 Å². The summed E-state index contributed by atoms with van der Waals surface area (Å²) in [6.45, 7) is 9.84. The van der Waals surface area contributed by atoms with Gasteiger partial charge in [-0.15, -0.1) is 0 Å². The van der Waals surface area contributed by atoms with Gasteiger partial charge < -0.3 is 14.7 Å². The van der Waals surface area contributed by atoms with Gasteiger partial charge in [0.15, 0.2) is 0 Å². The molecule has 0 radical (unpaired) electrons. The van der Waals surface area contributed by atoms with Crippen molar-refractivity contribution in [3.8, 4) is 0 Å². The van der Waals surface area contributed by atoms with E-state index in [1.54, 1.807) is 0 Å². The van der Waals surface area contributed by atoms with E-state index in [0.717, 1.165) is 38.5 Å². The Morgan fingerprint density at radius 3 is 2.64 bits per heavy atom. The highest BCUT2D eigenvalue weighted by Gasteiger charge is 2.39. The monoisotopic (exact) mass is 348 g/mol. The molecule has 0 unspecified atom stereocenters. The van der Waals surface area contributed by atoms with Crippen molar-refractivity contribution in [3.05, 3.63) is 17.0 Å². The topological polar surface area (TPSA) is 70.8 Å². The summed E-state index contributed by atoms with van der Waals surface area (Å²) in [6.07, 6.45) is 0.938. The van der Waals surface area contributed by atoms with Crippen LogP contribution in [0.5, 0.6) is 0 Å². The van der Waals surface area contributed by atoms with Crippen LogP contribution >= 0.6 is 0 Å². The van der Waals surface area contributed by atoms with E-state index in [1.165, 1.54) is 11.3 Å². The Balaban J connectivity index is 1.52. The van der Waals surface area contributed by atoms with Crippen LogP contribution in [0.1, 0.15) is 49.7 Å². The van der Waals surface area contributed by atoms with E-state index in [1.807, 2.05) is 4.90 Å². The Morgan fingerprint density at radius 2 is 2.00 bits per heavy atom. The third-order valence-corrected chi connectivity index (χ3v) is 5.63. The number of carbonyl (C=O) groups is 1. The molecule has 1 saturated heterocycles. The number of carbonyl (C=O) groups excluding carboxylic acids is 1. The van der Waals surface area contributed by atoms with Crippen LogP contribution in [0.3, 0.4) is 0 Å². The third-order valence-electron chi connectivity index (χ3n) is 5.63. The van der Waals surface area contributed by atoms with E-state index in [9.17, 15) is 9.90 Å². The molecule has 138 valence electrons. The second kappa shape index (κ2) is 6.70. The Labute approximate surface area is 148 Å². The quantitative estimate of drug-likeness (QED) is 0.876. The SMILES string of the molecule is CC(C)n1nc(CN2CCOCC2)c2c1CN(C(=O)C1CC(O)C1)C2. The number of fused-ring (bicyclic) bond motifs is 1. The first-order valence-electron chi connectivity index (χ1n) is 9.39. The summed E-state index contributed by atoms with van der Waals surface area (Å²) in [7, 11) is 0. The van der Waals surface area contributed by atoms with Crippen molar-refractivity contribution in [1.82, 2.24) is 19.6 Å². The van der Waals surface area contributed by atoms with E-state index in [2.05, 4.69) is 23.4 Å². The molecule has 7 heteroatoms. The number of hydrogen-bond donors (Lipinski definition) is 1. The fourth-order valence-corrected chi connectivity index (χ4v) is 4.06. The molecule has 1 saturated carbocycles. The highest BCUT2D eigenvalue weighted by atomic mass is 16.5. The van der Waals surface area contributed by atoms with Crippen LogP contribution in [-0.4, -0.2) is 63.0 Å². The van der Waals surface area contributed by atoms with Crippen LogP contribution in [-0.2, 0) is 29.2 Å². The maximum Gasteiger partial charge on any atom is 0.226 e. The van der Waals surface area contributed by atoms with Crippen molar-refractivity contribution in [2.75, 3.05) is 26.3 Å². The van der Waals surface area contributed by atoms with Crippen LogP contribution in [0.2, 0.25) is 0 Å². The van der Waals surface area contributed by atoms with Gasteiger partial charge in [0.2, 0.25) is 5.91 Å². The van der Waals surface area contributed by atoms with E-state index in [-0.39, 0.29) is 24.0 Å². The molecule has 3 aliphatic rings. The van der Waals surface area contributed by atoms with Gasteiger partial charge in [-0.25, -0.2) is 0 Å². The molecule has 2 aliphatic heterocycles. The summed E-state index contributed by atoms with van der Waals surface area (Å²) < 4.78 is 7.53. The maximum atomic E-state index is 12.7. The van der Waals surface area contributed by atoms with Crippen LogP contribution in [0.4, 0.5) is 0 Å². The predicted octanol–water partition coefficient (Wildman–Crippen LogP) is 0.909. The van der Waals surface area contributed by atoms with Gasteiger partial charge in [0, 0.05) is 43.7 Å². The second-order valence-electron chi connectivity index (χ2n) is 7.82. The van der Waals surface area contributed by atoms with Crippen LogP contribution in [0.15, 0.2) is 0 Å². The molecule has 1 aliphatic carbocycles. The molecular weight excluding hydrogens is 320 g/mol. The van der Waals surface area contributed by atoms with E-state index >= 15 is 0 Å². The Kier molecular flexibility index (Phi) is 4.56. The van der Waals surface area contributed by atoms with Crippen molar-refractivity contribution in [1.29, 1.82) is 0 Å². The standard InChI is InChI=1S/C18H28N4O3/c1-12(2)22-17-11-21(18(24)13-7-14(23)8-13)9-15(17)16(19-22)10-20-3-5-25-6-4-20/h12-14,23H,3-11H2,1-2H3. The predicted molar refractivity (Wildman–Crippen MR) is 91.7 cm³/mol. The normalized spacial score (nSPS) is 26.8. The first kappa shape index (κ1) is 17.0. The molecule has 1 aromatic rings. The van der Waals surface area contributed by atoms with Crippen molar-refractivity contribution in [2.45, 2.75) is 58.5 Å². The summed E-state index contributed by atoms with van der Waals surface area (Å²) in [5.74, 6) is 0.191. The molecule has 0 bridgehead atoms. The number of aliphatic hydroxyl groups excluding tert-OH is 1. The number of nitrogens with zero attached hydrogens (tertiary/aromatic N) is 4. The zero-order valence-corrected chi connectivity index (χ0v) is 15.1. The molecule has 0 atom stereocenters. The molecule has 1 amide bonds. The molecule has 1 N–H and O–H groups in total. The van der Waals surface area contributed by atoms with Gasteiger partial charge in [-0.3, -0.25) is 14.4 Å². The molecule has 2 fully saturated rings. The minimum atomic E-state index is -0.290. The number of ether oxygens (including phenoxy) is 1. The van der Waals surface area contributed by atoms with Gasteiger partial charge >= 0.3 is 0 Å². The van der Waals surface area contributed by atoms with Gasteiger partial charge in [-0.2, -0.15) is 5.10 Å². The molecular formula is C18H28N4O3. The van der Waals surface area contributed by atoms with E-state index in [0.29, 0.717) is 25.9 Å². The van der Waals surface area contributed by atoms with Crippen LogP contribution < -0.4 is 0 Å². The zero-order chi connectivity index (χ0) is 17.6. The lowest BCUT2D eigenvalue weighted by Gasteiger charge is -2.33. The number of hydrogen-bond acceptors (Lipinski definition) is 5. The number of rotatable bonds is 4. The van der Waals surface area contributed by atoms with Crippen LogP contribution in [0, 0.1) is 5.92 Å². The highest BCUT2D eigenvalue weighted by molar-refractivity contribution is 5.80. The molecule has 7 nitrogen and oxygen atoms in total. The van der Waals surface area contributed by atoms with Gasteiger partial charge in [-0.1, -0.05) is 0 Å². The minimum Gasteiger partial charge on any atom is -0.393 e. The summed E-state index contributed by atoms with van der Waals surface area (Å²) in [4.78, 5) is 17.0. The molecule has 1 aromatic heterocycles. The van der Waals surface area contributed by atoms with Gasteiger partial charge in [0.1, 0.15) is 0 Å². The molecule has 0 aromatic carbocycles. The molecule has 25 heavy (non-hydrogen) atoms. The molecule has 0 spiro atoms. The zero-order valence-electron chi connectivity index (χ0n) is 15.1. The minimum absolute atomic E-state index is 0.00200. The van der Waals surface area contributed by atoms with Crippen molar-refractivity contribution in [3.63, 3.8) is 0 Å². The highest BCUT2D eigenvalue weighted by Crippen LogP contribution is 2.34. The number of aromatic nitrogens is 2. The lowest BCUT2D eigenvalue weighted by molar-refractivity contribution is -0.143. The Hall–Kier alpha value is -1.44. The Morgan fingerprint density at radius 1 is 1.28 bits per heavy atom. The maximum absolute atomic E-state index is 12.7. The van der Waals surface area contributed by atoms with Crippen molar-refractivity contribution < 1.29 is 14.6 Å². The van der Waals surface area contributed by atoms with Gasteiger partial charge in [0.25, 0.3) is 0 Å². The smallest absolute Gasteiger partial charge is 0.226 e.